The second-order valence-corrected chi connectivity index (χ2v) is 5.40. The molecule has 0 saturated heterocycles. The molecule has 0 amide bonds. The van der Waals surface area contributed by atoms with Crippen molar-refractivity contribution in [3.63, 3.8) is 0 Å². The molecule has 0 heterocycles. The van der Waals surface area contributed by atoms with E-state index in [0.717, 1.165) is 5.57 Å². The van der Waals surface area contributed by atoms with Crippen molar-refractivity contribution in [2.24, 2.45) is 5.92 Å². The summed E-state index contributed by atoms with van der Waals surface area (Å²) < 4.78 is 0. The molecule has 1 aromatic carbocycles. The highest BCUT2D eigenvalue weighted by atomic mass is 35.5. The van der Waals surface area contributed by atoms with Crippen LogP contribution >= 0.6 is 11.6 Å². The van der Waals surface area contributed by atoms with E-state index in [4.69, 9.17) is 11.6 Å². The minimum atomic E-state index is -0.388. The van der Waals surface area contributed by atoms with E-state index in [1.165, 1.54) is 0 Å². The average molecular weight is 247 g/mol. The third-order valence-corrected chi connectivity index (χ3v) is 3.68. The molecular formula is C15H15ClO. The van der Waals surface area contributed by atoms with Crippen LogP contribution in [0.1, 0.15) is 24.2 Å². The second-order valence-electron chi connectivity index (χ2n) is 4.59. The Morgan fingerprint density at radius 3 is 2.53 bits per heavy atom. The lowest BCUT2D eigenvalue weighted by Crippen LogP contribution is -2.25. The summed E-state index contributed by atoms with van der Waals surface area (Å²) in [7, 11) is 0. The quantitative estimate of drug-likeness (QED) is 0.570. The summed E-state index contributed by atoms with van der Waals surface area (Å²) in [6.07, 6.45) is 5.67. The van der Waals surface area contributed by atoms with Gasteiger partial charge in [-0.15, -0.1) is 11.6 Å². The smallest absolute Gasteiger partial charge is 0.192 e. The van der Waals surface area contributed by atoms with Crippen molar-refractivity contribution in [3.05, 3.63) is 59.7 Å². The molecule has 0 N–H and O–H groups in total. The number of carbonyl (C=O) groups excluding carboxylic acids is 1. The highest BCUT2D eigenvalue weighted by Crippen LogP contribution is 2.33. The number of hydrogen-bond donors (Lipinski definition) is 0. The van der Waals surface area contributed by atoms with Crippen LogP contribution in [0.3, 0.4) is 0 Å². The maximum absolute atomic E-state index is 12.2. The highest BCUT2D eigenvalue weighted by Gasteiger charge is 2.28. The minimum absolute atomic E-state index is 0.0564. The van der Waals surface area contributed by atoms with Gasteiger partial charge in [-0.25, -0.2) is 0 Å². The fraction of sp³-hybridized carbons (Fsp3) is 0.267. The first-order valence-corrected chi connectivity index (χ1v) is 6.08. The Hall–Kier alpha value is -1.34. The molecule has 1 nitrogen and oxygen atoms in total. The standard InChI is InChI=1S/C15H15ClO/c1-11-10-13(8-9-15(11,2)16)14(17)12-6-4-3-5-7-12/h3-11H,1-2H3. The molecule has 2 unspecified atom stereocenters. The van der Waals surface area contributed by atoms with Gasteiger partial charge in [-0.3, -0.25) is 4.79 Å². The van der Waals surface area contributed by atoms with Gasteiger partial charge >= 0.3 is 0 Å². The molecule has 2 heteroatoms. The zero-order chi connectivity index (χ0) is 12.5. The monoisotopic (exact) mass is 246 g/mol. The molecule has 0 bridgehead atoms. The predicted octanol–water partition coefficient (Wildman–Crippen LogP) is 4.00. The van der Waals surface area contributed by atoms with Crippen LogP contribution < -0.4 is 0 Å². The van der Waals surface area contributed by atoms with E-state index in [2.05, 4.69) is 0 Å². The van der Waals surface area contributed by atoms with E-state index in [1.54, 1.807) is 0 Å². The molecular weight excluding hydrogens is 232 g/mol. The summed E-state index contributed by atoms with van der Waals surface area (Å²) in [5.41, 5.74) is 1.44. The Bertz CT molecular complexity index is 483. The first kappa shape index (κ1) is 12.1. The lowest BCUT2D eigenvalue weighted by molar-refractivity contribution is 0.103. The molecule has 2 atom stereocenters. The maximum atomic E-state index is 12.2. The molecule has 2 rings (SSSR count). The molecule has 1 aliphatic rings. The van der Waals surface area contributed by atoms with Crippen LogP contribution in [-0.4, -0.2) is 10.7 Å². The number of ketones is 1. The van der Waals surface area contributed by atoms with Crippen molar-refractivity contribution in [3.8, 4) is 0 Å². The van der Waals surface area contributed by atoms with Gasteiger partial charge in [0.1, 0.15) is 0 Å². The largest absolute Gasteiger partial charge is 0.289 e. The van der Waals surface area contributed by atoms with E-state index < -0.39 is 0 Å². The average Bonchev–Trinajstić information content (AvgIpc) is 2.33. The summed E-state index contributed by atoms with van der Waals surface area (Å²) in [5, 5.41) is 0. The third kappa shape index (κ3) is 2.50. The molecule has 0 aliphatic heterocycles. The van der Waals surface area contributed by atoms with Crippen molar-refractivity contribution in [2.75, 3.05) is 0 Å². The van der Waals surface area contributed by atoms with Crippen LogP contribution in [0.5, 0.6) is 0 Å². The minimum Gasteiger partial charge on any atom is -0.289 e. The molecule has 1 aromatic rings. The van der Waals surface area contributed by atoms with Gasteiger partial charge in [0.25, 0.3) is 0 Å². The van der Waals surface area contributed by atoms with Crippen molar-refractivity contribution in [2.45, 2.75) is 18.7 Å². The summed E-state index contributed by atoms with van der Waals surface area (Å²) in [6.45, 7) is 3.98. The van der Waals surface area contributed by atoms with Gasteiger partial charge in [-0.2, -0.15) is 0 Å². The number of carbonyl (C=O) groups is 1. The summed E-state index contributed by atoms with van der Waals surface area (Å²) in [6, 6.07) is 9.30. The lowest BCUT2D eigenvalue weighted by atomic mass is 9.85. The molecule has 17 heavy (non-hydrogen) atoms. The van der Waals surface area contributed by atoms with E-state index in [1.807, 2.05) is 62.4 Å². The Morgan fingerprint density at radius 2 is 1.94 bits per heavy atom. The Labute approximate surface area is 107 Å². The van der Waals surface area contributed by atoms with Gasteiger partial charge in [0, 0.05) is 11.1 Å². The number of hydrogen-bond acceptors (Lipinski definition) is 1. The SMILES string of the molecule is CC1C=C(C(=O)c2ccccc2)C=CC1(C)Cl. The topological polar surface area (TPSA) is 17.1 Å². The van der Waals surface area contributed by atoms with E-state index in [0.29, 0.717) is 5.56 Å². The van der Waals surface area contributed by atoms with Crippen LogP contribution in [0.15, 0.2) is 54.1 Å². The van der Waals surface area contributed by atoms with Gasteiger partial charge in [0.05, 0.1) is 4.87 Å². The van der Waals surface area contributed by atoms with Crippen LogP contribution in [0, 0.1) is 5.92 Å². The zero-order valence-corrected chi connectivity index (χ0v) is 10.7. The Morgan fingerprint density at radius 1 is 1.29 bits per heavy atom. The summed E-state index contributed by atoms with van der Waals surface area (Å²) in [5.74, 6) is 0.206. The maximum Gasteiger partial charge on any atom is 0.192 e. The van der Waals surface area contributed by atoms with Crippen molar-refractivity contribution in [1.29, 1.82) is 0 Å². The van der Waals surface area contributed by atoms with E-state index in [-0.39, 0.29) is 16.6 Å². The lowest BCUT2D eigenvalue weighted by Gasteiger charge is -2.27. The molecule has 0 saturated carbocycles. The summed E-state index contributed by atoms with van der Waals surface area (Å²) in [4.78, 5) is 11.8. The molecule has 0 radical (unpaired) electrons. The first-order valence-electron chi connectivity index (χ1n) is 5.70. The molecule has 0 fully saturated rings. The van der Waals surface area contributed by atoms with Gasteiger partial charge in [0.2, 0.25) is 0 Å². The third-order valence-electron chi connectivity index (χ3n) is 3.21. The fourth-order valence-corrected chi connectivity index (χ4v) is 1.93. The van der Waals surface area contributed by atoms with Gasteiger partial charge in [0.15, 0.2) is 5.78 Å². The van der Waals surface area contributed by atoms with Gasteiger partial charge < -0.3 is 0 Å². The van der Waals surface area contributed by atoms with Crippen LogP contribution in [0.4, 0.5) is 0 Å². The normalized spacial score (nSPS) is 27.7. The predicted molar refractivity (Wildman–Crippen MR) is 71.4 cm³/mol. The summed E-state index contributed by atoms with van der Waals surface area (Å²) >= 11 is 6.30. The molecule has 0 aromatic heterocycles. The van der Waals surface area contributed by atoms with Crippen molar-refractivity contribution in [1.82, 2.24) is 0 Å². The Balaban J connectivity index is 2.27. The number of Topliss-reactive ketones (excluding diaryl/α,β-unsaturated/α-hetero) is 1. The van der Waals surface area contributed by atoms with E-state index in [9.17, 15) is 4.79 Å². The van der Waals surface area contributed by atoms with Crippen molar-refractivity contribution >= 4 is 17.4 Å². The first-order chi connectivity index (χ1) is 8.00. The fourth-order valence-electron chi connectivity index (χ4n) is 1.80. The van der Waals surface area contributed by atoms with E-state index >= 15 is 0 Å². The van der Waals surface area contributed by atoms with Crippen LogP contribution in [0.25, 0.3) is 0 Å². The number of benzene rings is 1. The van der Waals surface area contributed by atoms with Crippen molar-refractivity contribution < 1.29 is 4.79 Å². The van der Waals surface area contributed by atoms with Crippen LogP contribution in [0.2, 0.25) is 0 Å². The van der Waals surface area contributed by atoms with Gasteiger partial charge in [-0.05, 0) is 12.8 Å². The Kier molecular flexibility index (Phi) is 3.21. The number of rotatable bonds is 2. The van der Waals surface area contributed by atoms with Crippen LogP contribution in [-0.2, 0) is 0 Å². The number of allylic oxidation sites excluding steroid dienone is 4. The zero-order valence-electron chi connectivity index (χ0n) is 9.98. The number of alkyl halides is 1. The molecule has 88 valence electrons. The highest BCUT2D eigenvalue weighted by molar-refractivity contribution is 6.25. The molecule has 0 spiro atoms. The number of halogens is 1. The second kappa shape index (κ2) is 4.50. The molecule has 1 aliphatic carbocycles. The van der Waals surface area contributed by atoms with Gasteiger partial charge in [-0.1, -0.05) is 55.5 Å².